The van der Waals surface area contributed by atoms with E-state index in [1.54, 1.807) is 0 Å². The molecule has 0 spiro atoms. The Hall–Kier alpha value is -2.80. The van der Waals surface area contributed by atoms with Gasteiger partial charge in [-0.2, -0.15) is 0 Å². The van der Waals surface area contributed by atoms with Crippen LogP contribution in [-0.4, -0.2) is 25.1 Å². The second kappa shape index (κ2) is 7.18. The summed E-state index contributed by atoms with van der Waals surface area (Å²) >= 11 is 6.02. The van der Waals surface area contributed by atoms with Gasteiger partial charge in [0.05, 0.1) is 29.9 Å². The molecule has 2 rings (SSSR count). The third kappa shape index (κ3) is 3.41. The summed E-state index contributed by atoms with van der Waals surface area (Å²) in [6, 6.07) is 7.34. The maximum Gasteiger partial charge on any atom is 0.273 e. The van der Waals surface area contributed by atoms with E-state index in [0.717, 1.165) is 0 Å². The van der Waals surface area contributed by atoms with Gasteiger partial charge in [0.25, 0.3) is 11.6 Å². The Morgan fingerprint density at radius 3 is 2.46 bits per heavy atom. The number of hydrogen-bond acceptors (Lipinski definition) is 5. The van der Waals surface area contributed by atoms with E-state index in [1.165, 1.54) is 51.5 Å². The van der Waals surface area contributed by atoms with Crippen molar-refractivity contribution >= 4 is 28.9 Å². The van der Waals surface area contributed by atoms with E-state index in [4.69, 9.17) is 21.1 Å². The number of amides is 1. The van der Waals surface area contributed by atoms with Gasteiger partial charge in [0, 0.05) is 29.3 Å². The molecule has 0 unspecified atom stereocenters. The lowest BCUT2D eigenvalue weighted by molar-refractivity contribution is -0.385. The molecule has 8 heteroatoms. The van der Waals surface area contributed by atoms with Crippen molar-refractivity contribution in [2.75, 3.05) is 19.5 Å². The molecule has 2 aromatic rings. The monoisotopic (exact) mass is 350 g/mol. The van der Waals surface area contributed by atoms with E-state index in [0.29, 0.717) is 22.2 Å². The van der Waals surface area contributed by atoms with Gasteiger partial charge >= 0.3 is 0 Å². The summed E-state index contributed by atoms with van der Waals surface area (Å²) in [5.41, 5.74) is 0.693. The Bertz CT molecular complexity index is 807. The first-order chi connectivity index (χ1) is 11.4. The minimum atomic E-state index is -0.530. The van der Waals surface area contributed by atoms with Gasteiger partial charge < -0.3 is 14.8 Å². The largest absolute Gasteiger partial charge is 0.495 e. The van der Waals surface area contributed by atoms with Gasteiger partial charge in [-0.25, -0.2) is 0 Å². The molecule has 0 aliphatic heterocycles. The Morgan fingerprint density at radius 2 is 1.88 bits per heavy atom. The first kappa shape index (κ1) is 17.6. The number of carbonyl (C=O) groups excluding carboxylic acids is 1. The van der Waals surface area contributed by atoms with E-state index in [1.807, 2.05) is 0 Å². The van der Waals surface area contributed by atoms with E-state index in [2.05, 4.69) is 5.32 Å². The first-order valence-electron chi connectivity index (χ1n) is 6.86. The topological polar surface area (TPSA) is 90.7 Å². The predicted octanol–water partition coefficient (Wildman–Crippen LogP) is 3.83. The Balaban J connectivity index is 2.40. The third-order valence-electron chi connectivity index (χ3n) is 3.47. The predicted molar refractivity (Wildman–Crippen MR) is 90.3 cm³/mol. The van der Waals surface area contributed by atoms with Gasteiger partial charge in [0.1, 0.15) is 11.5 Å². The minimum absolute atomic E-state index is 0.122. The van der Waals surface area contributed by atoms with Gasteiger partial charge in [-0.3, -0.25) is 14.9 Å². The van der Waals surface area contributed by atoms with Crippen LogP contribution in [0.3, 0.4) is 0 Å². The second-order valence-electron chi connectivity index (χ2n) is 4.85. The fourth-order valence-electron chi connectivity index (χ4n) is 2.22. The fraction of sp³-hybridized carbons (Fsp3) is 0.188. The average Bonchev–Trinajstić information content (AvgIpc) is 2.55. The molecule has 126 valence electrons. The molecule has 0 aliphatic rings. The molecule has 0 saturated carbocycles. The number of anilines is 1. The van der Waals surface area contributed by atoms with Gasteiger partial charge in [-0.15, -0.1) is 0 Å². The standard InChI is InChI=1S/C16H15ClN2O5/c1-9-10(5-4-6-13(9)19(21)22)16(20)18-12-8-14(23-2)11(17)7-15(12)24-3/h4-8H,1-3H3,(H,18,20). The van der Waals surface area contributed by atoms with Crippen LogP contribution in [0.2, 0.25) is 5.02 Å². The summed E-state index contributed by atoms with van der Waals surface area (Å²) in [7, 11) is 2.89. The summed E-state index contributed by atoms with van der Waals surface area (Å²) in [6.07, 6.45) is 0. The third-order valence-corrected chi connectivity index (χ3v) is 3.76. The van der Waals surface area contributed by atoms with Crippen molar-refractivity contribution in [3.63, 3.8) is 0 Å². The van der Waals surface area contributed by atoms with E-state index in [9.17, 15) is 14.9 Å². The molecule has 1 amide bonds. The lowest BCUT2D eigenvalue weighted by Gasteiger charge is -2.14. The molecule has 0 aliphatic carbocycles. The number of ether oxygens (including phenoxy) is 2. The average molecular weight is 351 g/mol. The zero-order chi connectivity index (χ0) is 17.9. The van der Waals surface area contributed by atoms with Crippen LogP contribution < -0.4 is 14.8 Å². The zero-order valence-corrected chi connectivity index (χ0v) is 14.0. The van der Waals surface area contributed by atoms with Crippen molar-refractivity contribution in [3.8, 4) is 11.5 Å². The normalized spacial score (nSPS) is 10.2. The van der Waals surface area contributed by atoms with Crippen molar-refractivity contribution in [2.24, 2.45) is 0 Å². The highest BCUT2D eigenvalue weighted by molar-refractivity contribution is 6.32. The highest BCUT2D eigenvalue weighted by Gasteiger charge is 2.19. The van der Waals surface area contributed by atoms with Crippen molar-refractivity contribution in [1.82, 2.24) is 0 Å². The summed E-state index contributed by atoms with van der Waals surface area (Å²) in [4.78, 5) is 23.0. The smallest absolute Gasteiger partial charge is 0.273 e. The molecule has 0 saturated heterocycles. The van der Waals surface area contributed by atoms with Crippen molar-refractivity contribution in [1.29, 1.82) is 0 Å². The molecule has 0 aromatic heterocycles. The minimum Gasteiger partial charge on any atom is -0.495 e. The van der Waals surface area contributed by atoms with E-state index < -0.39 is 10.8 Å². The number of nitro groups is 1. The highest BCUT2D eigenvalue weighted by Crippen LogP contribution is 2.36. The number of nitro benzene ring substituents is 1. The summed E-state index contributed by atoms with van der Waals surface area (Å²) < 4.78 is 10.3. The zero-order valence-electron chi connectivity index (χ0n) is 13.3. The molecular weight excluding hydrogens is 336 g/mol. The molecule has 2 aromatic carbocycles. The van der Waals surface area contributed by atoms with Crippen molar-refractivity contribution in [3.05, 3.63) is 56.6 Å². The lowest BCUT2D eigenvalue weighted by Crippen LogP contribution is -2.15. The Morgan fingerprint density at radius 1 is 1.21 bits per heavy atom. The molecular formula is C16H15ClN2O5. The number of methoxy groups -OCH3 is 2. The molecule has 0 radical (unpaired) electrons. The first-order valence-corrected chi connectivity index (χ1v) is 7.23. The number of hydrogen-bond donors (Lipinski definition) is 1. The van der Waals surface area contributed by atoms with Crippen LogP contribution in [-0.2, 0) is 0 Å². The van der Waals surface area contributed by atoms with E-state index in [-0.39, 0.29) is 16.8 Å². The maximum atomic E-state index is 12.5. The molecule has 0 atom stereocenters. The maximum absolute atomic E-state index is 12.5. The SMILES string of the molecule is COc1cc(NC(=O)c2cccc([N+](=O)[O-])c2C)c(OC)cc1Cl. The number of carbonyl (C=O) groups is 1. The van der Waals surface area contributed by atoms with Gasteiger partial charge in [0.2, 0.25) is 0 Å². The van der Waals surface area contributed by atoms with Crippen LogP contribution in [0.1, 0.15) is 15.9 Å². The van der Waals surface area contributed by atoms with Crippen LogP contribution >= 0.6 is 11.6 Å². The summed E-state index contributed by atoms with van der Waals surface area (Å²) in [5, 5.41) is 14.0. The summed E-state index contributed by atoms with van der Waals surface area (Å²) in [6.45, 7) is 1.52. The number of rotatable bonds is 5. The van der Waals surface area contributed by atoms with Crippen LogP contribution in [0.5, 0.6) is 11.5 Å². The lowest BCUT2D eigenvalue weighted by atomic mass is 10.1. The van der Waals surface area contributed by atoms with Crippen LogP contribution in [0.25, 0.3) is 0 Å². The van der Waals surface area contributed by atoms with Crippen LogP contribution in [0.4, 0.5) is 11.4 Å². The van der Waals surface area contributed by atoms with E-state index >= 15 is 0 Å². The van der Waals surface area contributed by atoms with Crippen LogP contribution in [0.15, 0.2) is 30.3 Å². The van der Waals surface area contributed by atoms with Gasteiger partial charge in [0.15, 0.2) is 0 Å². The Kier molecular flexibility index (Phi) is 5.25. The molecule has 7 nitrogen and oxygen atoms in total. The van der Waals surface area contributed by atoms with Crippen molar-refractivity contribution < 1.29 is 19.2 Å². The van der Waals surface area contributed by atoms with Crippen LogP contribution in [0, 0.1) is 17.0 Å². The fourth-order valence-corrected chi connectivity index (χ4v) is 2.45. The molecule has 24 heavy (non-hydrogen) atoms. The highest BCUT2D eigenvalue weighted by atomic mass is 35.5. The Labute approximate surface area is 143 Å². The number of nitrogens with one attached hydrogen (secondary N) is 1. The number of benzene rings is 2. The molecule has 1 N–H and O–H groups in total. The number of nitrogens with zero attached hydrogens (tertiary/aromatic N) is 1. The quantitative estimate of drug-likeness (QED) is 0.653. The summed E-state index contributed by atoms with van der Waals surface area (Å²) in [5.74, 6) is 0.208. The second-order valence-corrected chi connectivity index (χ2v) is 5.26. The molecule has 0 bridgehead atoms. The van der Waals surface area contributed by atoms with Gasteiger partial charge in [-0.1, -0.05) is 17.7 Å². The van der Waals surface area contributed by atoms with Crippen molar-refractivity contribution in [2.45, 2.75) is 6.92 Å². The number of halogens is 1. The molecule has 0 heterocycles. The van der Waals surface area contributed by atoms with Gasteiger partial charge in [-0.05, 0) is 13.0 Å². The molecule has 0 fully saturated rings.